The smallest absolute Gasteiger partial charge is 0.269 e. The van der Waals surface area contributed by atoms with E-state index >= 15 is 0 Å². The molecule has 1 aliphatic heterocycles. The first-order valence-corrected chi connectivity index (χ1v) is 11.9. The van der Waals surface area contributed by atoms with Crippen molar-refractivity contribution >= 4 is 29.1 Å². The van der Waals surface area contributed by atoms with Crippen molar-refractivity contribution in [2.24, 2.45) is 0 Å². The minimum absolute atomic E-state index is 0.122. The van der Waals surface area contributed by atoms with Gasteiger partial charge in [0.25, 0.3) is 17.5 Å². The van der Waals surface area contributed by atoms with Crippen molar-refractivity contribution in [2.45, 2.75) is 25.8 Å². The van der Waals surface area contributed by atoms with E-state index < -0.39 is 28.7 Å². The highest BCUT2D eigenvalue weighted by Gasteiger charge is 2.44. The summed E-state index contributed by atoms with van der Waals surface area (Å²) in [6.45, 7) is 2.02. The third kappa shape index (κ3) is 5.34. The number of imide groups is 1. The third-order valence-electron chi connectivity index (χ3n) is 6.47. The van der Waals surface area contributed by atoms with Crippen LogP contribution in [0.3, 0.4) is 0 Å². The van der Waals surface area contributed by atoms with Crippen molar-refractivity contribution in [1.29, 1.82) is 0 Å². The molecule has 3 aromatic rings. The summed E-state index contributed by atoms with van der Waals surface area (Å²) in [7, 11) is 3.05. The van der Waals surface area contributed by atoms with Gasteiger partial charge in [0, 0.05) is 24.2 Å². The molecule has 0 N–H and O–H groups in total. The molecule has 4 rings (SSSR count). The molecule has 1 saturated heterocycles. The van der Waals surface area contributed by atoms with E-state index in [0.29, 0.717) is 23.6 Å². The lowest BCUT2D eigenvalue weighted by Gasteiger charge is -2.28. The average Bonchev–Trinajstić information content (AvgIpc) is 3.22. The molecule has 0 aliphatic carbocycles. The molecule has 196 valence electrons. The second-order valence-corrected chi connectivity index (χ2v) is 8.86. The highest BCUT2D eigenvalue weighted by atomic mass is 16.6. The Labute approximate surface area is 219 Å². The van der Waals surface area contributed by atoms with Crippen LogP contribution in [0.2, 0.25) is 0 Å². The molecule has 0 aromatic heterocycles. The van der Waals surface area contributed by atoms with Crippen LogP contribution in [0.15, 0.2) is 66.7 Å². The van der Waals surface area contributed by atoms with Gasteiger partial charge in [-0.15, -0.1) is 0 Å². The van der Waals surface area contributed by atoms with Crippen molar-refractivity contribution in [1.82, 2.24) is 4.90 Å². The molecule has 0 spiro atoms. The van der Waals surface area contributed by atoms with Crippen molar-refractivity contribution in [3.05, 3.63) is 93.5 Å². The lowest BCUT2D eigenvalue weighted by atomic mass is 10.1. The number of nitro benzene ring substituents is 1. The fraction of sp³-hybridized carbons (Fsp3) is 0.250. The first-order chi connectivity index (χ1) is 18.2. The molecule has 0 saturated carbocycles. The second-order valence-electron chi connectivity index (χ2n) is 8.86. The van der Waals surface area contributed by atoms with Gasteiger partial charge < -0.3 is 14.4 Å². The summed E-state index contributed by atoms with van der Waals surface area (Å²) in [4.78, 5) is 53.1. The summed E-state index contributed by atoms with van der Waals surface area (Å²) in [5, 5.41) is 11.1. The molecule has 1 fully saturated rings. The molecule has 10 nitrogen and oxygen atoms in total. The van der Waals surface area contributed by atoms with E-state index in [-0.39, 0.29) is 24.2 Å². The Morgan fingerprint density at radius 3 is 2.26 bits per heavy atom. The van der Waals surface area contributed by atoms with E-state index in [1.54, 1.807) is 36.4 Å². The molecule has 0 radical (unpaired) electrons. The SMILES string of the molecule is COc1ccc(CCN(C(=O)c2ccc([N+](=O)[O-])cc2)C2CC(=O)N(c3ccc(C)cc3)C2=O)cc1OC. The molecule has 3 aromatic carbocycles. The average molecular weight is 518 g/mol. The number of non-ortho nitro benzene ring substituents is 1. The number of nitrogens with zero attached hydrogens (tertiary/aromatic N) is 3. The molecule has 0 bridgehead atoms. The number of rotatable bonds is 9. The van der Waals surface area contributed by atoms with Crippen molar-refractivity contribution < 1.29 is 28.8 Å². The van der Waals surface area contributed by atoms with Gasteiger partial charge in [-0.2, -0.15) is 0 Å². The molecule has 10 heteroatoms. The summed E-state index contributed by atoms with van der Waals surface area (Å²) in [5.41, 5.74) is 2.27. The maximum Gasteiger partial charge on any atom is 0.269 e. The van der Waals surface area contributed by atoms with Gasteiger partial charge in [-0.3, -0.25) is 24.5 Å². The van der Waals surface area contributed by atoms with E-state index in [0.717, 1.165) is 16.0 Å². The first kappa shape index (κ1) is 26.3. The van der Waals surface area contributed by atoms with Crippen LogP contribution in [-0.2, 0) is 16.0 Å². The predicted octanol–water partition coefficient (Wildman–Crippen LogP) is 3.94. The molecule has 38 heavy (non-hydrogen) atoms. The summed E-state index contributed by atoms with van der Waals surface area (Å²) < 4.78 is 10.6. The number of hydrogen-bond donors (Lipinski definition) is 0. The van der Waals surface area contributed by atoms with E-state index in [2.05, 4.69) is 0 Å². The fourth-order valence-corrected chi connectivity index (χ4v) is 4.40. The van der Waals surface area contributed by atoms with Crippen LogP contribution in [0.5, 0.6) is 11.5 Å². The van der Waals surface area contributed by atoms with Crippen molar-refractivity contribution in [3.63, 3.8) is 0 Å². The summed E-state index contributed by atoms with van der Waals surface area (Å²) in [6.07, 6.45) is 0.193. The zero-order valence-corrected chi connectivity index (χ0v) is 21.2. The zero-order valence-electron chi connectivity index (χ0n) is 21.2. The Kier molecular flexibility index (Phi) is 7.71. The van der Waals surface area contributed by atoms with E-state index in [9.17, 15) is 24.5 Å². The Morgan fingerprint density at radius 2 is 1.66 bits per heavy atom. The molecule has 1 atom stereocenters. The number of carbonyl (C=O) groups is 3. The largest absolute Gasteiger partial charge is 0.493 e. The van der Waals surface area contributed by atoms with E-state index in [1.807, 2.05) is 13.0 Å². The zero-order chi connectivity index (χ0) is 27.4. The minimum Gasteiger partial charge on any atom is -0.493 e. The summed E-state index contributed by atoms with van der Waals surface area (Å²) in [6, 6.07) is 16.5. The van der Waals surface area contributed by atoms with Gasteiger partial charge in [0.05, 0.1) is 31.3 Å². The maximum absolute atomic E-state index is 13.6. The Balaban J connectivity index is 1.64. The number of hydrogen-bond acceptors (Lipinski definition) is 7. The normalized spacial score (nSPS) is 14.9. The number of carbonyl (C=O) groups excluding carboxylic acids is 3. The van der Waals surface area contributed by atoms with Crippen molar-refractivity contribution in [2.75, 3.05) is 25.7 Å². The monoisotopic (exact) mass is 517 g/mol. The molecule has 1 heterocycles. The Hall–Kier alpha value is -4.73. The predicted molar refractivity (Wildman–Crippen MR) is 139 cm³/mol. The van der Waals surface area contributed by atoms with Gasteiger partial charge in [0.1, 0.15) is 6.04 Å². The molecule has 1 aliphatic rings. The maximum atomic E-state index is 13.6. The van der Waals surface area contributed by atoms with Crippen molar-refractivity contribution in [3.8, 4) is 11.5 Å². The van der Waals surface area contributed by atoms with Crippen LogP contribution in [0.1, 0.15) is 27.9 Å². The van der Waals surface area contributed by atoms with Crippen LogP contribution < -0.4 is 14.4 Å². The molecule has 3 amide bonds. The number of benzene rings is 3. The van der Waals surface area contributed by atoms with E-state index in [4.69, 9.17) is 9.47 Å². The number of anilines is 1. The minimum atomic E-state index is -1.02. The highest BCUT2D eigenvalue weighted by molar-refractivity contribution is 6.23. The lowest BCUT2D eigenvalue weighted by molar-refractivity contribution is -0.384. The molecular weight excluding hydrogens is 490 g/mol. The van der Waals surface area contributed by atoms with Gasteiger partial charge >= 0.3 is 0 Å². The summed E-state index contributed by atoms with van der Waals surface area (Å²) >= 11 is 0. The highest BCUT2D eigenvalue weighted by Crippen LogP contribution is 2.30. The second kappa shape index (κ2) is 11.1. The van der Waals surface area contributed by atoms with Crippen LogP contribution in [-0.4, -0.2) is 54.4 Å². The summed E-state index contributed by atoms with van der Waals surface area (Å²) in [5.74, 6) is -0.327. The lowest BCUT2D eigenvalue weighted by Crippen LogP contribution is -2.46. The molecule has 1 unspecified atom stereocenters. The van der Waals surface area contributed by atoms with Gasteiger partial charge in [-0.1, -0.05) is 23.8 Å². The van der Waals surface area contributed by atoms with Gasteiger partial charge in [-0.25, -0.2) is 4.90 Å². The number of ether oxygens (including phenoxy) is 2. The van der Waals surface area contributed by atoms with Gasteiger partial charge in [0.2, 0.25) is 5.91 Å². The number of aryl methyl sites for hydroxylation is 1. The van der Waals surface area contributed by atoms with Gasteiger partial charge in [-0.05, 0) is 55.3 Å². The first-order valence-electron chi connectivity index (χ1n) is 11.9. The quantitative estimate of drug-likeness (QED) is 0.240. The number of methoxy groups -OCH3 is 2. The number of amides is 3. The fourth-order valence-electron chi connectivity index (χ4n) is 4.40. The molecular formula is C28H27N3O7. The van der Waals surface area contributed by atoms with Crippen LogP contribution in [0.25, 0.3) is 0 Å². The third-order valence-corrected chi connectivity index (χ3v) is 6.47. The van der Waals surface area contributed by atoms with Gasteiger partial charge in [0.15, 0.2) is 11.5 Å². The van der Waals surface area contributed by atoms with Crippen LogP contribution in [0.4, 0.5) is 11.4 Å². The Morgan fingerprint density at radius 1 is 1.00 bits per heavy atom. The number of nitro groups is 1. The topological polar surface area (TPSA) is 119 Å². The van der Waals surface area contributed by atoms with Crippen LogP contribution >= 0.6 is 0 Å². The van der Waals surface area contributed by atoms with Crippen LogP contribution in [0, 0.1) is 17.0 Å². The van der Waals surface area contributed by atoms with E-state index in [1.165, 1.54) is 43.4 Å². The Bertz CT molecular complexity index is 1370. The standard InChI is InChI=1S/C28H27N3O7/c1-18-4-9-21(10-5-18)30-26(32)17-23(28(30)34)29(27(33)20-7-11-22(12-8-20)31(35)36)15-14-19-6-13-24(37-2)25(16-19)38-3/h4-13,16,23H,14-15,17H2,1-3H3.